The molecule has 7 heteroatoms. The number of aromatic nitrogens is 3. The summed E-state index contributed by atoms with van der Waals surface area (Å²) in [7, 11) is 0. The van der Waals surface area contributed by atoms with Crippen molar-refractivity contribution in [3.05, 3.63) is 5.82 Å². The SMILES string of the molecule is CCNC(=NCCCc1nnc(SC)n1CC(C)C)N1CC(C)(C)C1(C)C. The van der Waals surface area contributed by atoms with Crippen molar-refractivity contribution in [3.8, 4) is 0 Å². The maximum absolute atomic E-state index is 4.90. The first-order valence-electron chi connectivity index (χ1n) is 10.2. The minimum Gasteiger partial charge on any atom is -0.356 e. The van der Waals surface area contributed by atoms with Gasteiger partial charge in [0.1, 0.15) is 5.82 Å². The number of hydrogen-bond acceptors (Lipinski definition) is 4. The van der Waals surface area contributed by atoms with Crippen LogP contribution in [0.3, 0.4) is 0 Å². The van der Waals surface area contributed by atoms with E-state index in [9.17, 15) is 0 Å². The third-order valence-corrected chi connectivity index (χ3v) is 6.49. The Hall–Kier alpha value is -1.24. The Morgan fingerprint density at radius 1 is 1.26 bits per heavy atom. The Morgan fingerprint density at radius 3 is 2.48 bits per heavy atom. The molecule has 0 spiro atoms. The Kier molecular flexibility index (Phi) is 7.22. The number of likely N-dealkylation sites (tertiary alicyclic amines) is 1. The van der Waals surface area contributed by atoms with E-state index in [4.69, 9.17) is 4.99 Å². The van der Waals surface area contributed by atoms with Crippen LogP contribution < -0.4 is 5.32 Å². The molecule has 1 saturated heterocycles. The van der Waals surface area contributed by atoms with E-state index in [2.05, 4.69) is 79.7 Å². The Balaban J connectivity index is 1.98. The fourth-order valence-electron chi connectivity index (χ4n) is 3.42. The molecule has 0 aliphatic carbocycles. The third kappa shape index (κ3) is 4.79. The predicted octanol–water partition coefficient (Wildman–Crippen LogP) is 3.67. The summed E-state index contributed by atoms with van der Waals surface area (Å²) >= 11 is 1.67. The van der Waals surface area contributed by atoms with E-state index >= 15 is 0 Å². The lowest BCUT2D eigenvalue weighted by atomic mass is 9.65. The number of guanidine groups is 1. The molecule has 0 bridgehead atoms. The molecule has 2 heterocycles. The molecular weight excluding hydrogens is 356 g/mol. The summed E-state index contributed by atoms with van der Waals surface area (Å²) in [5, 5.41) is 13.2. The van der Waals surface area contributed by atoms with Crippen molar-refractivity contribution in [2.45, 2.75) is 78.5 Å². The molecule has 1 N–H and O–H groups in total. The van der Waals surface area contributed by atoms with Gasteiger partial charge >= 0.3 is 0 Å². The molecular formula is C20H38N6S. The highest BCUT2D eigenvalue weighted by Crippen LogP contribution is 2.46. The molecule has 2 rings (SSSR count). The van der Waals surface area contributed by atoms with Gasteiger partial charge in [-0.3, -0.25) is 4.99 Å². The monoisotopic (exact) mass is 394 g/mol. The van der Waals surface area contributed by atoms with Crippen molar-refractivity contribution in [1.82, 2.24) is 25.0 Å². The van der Waals surface area contributed by atoms with Crippen molar-refractivity contribution < 1.29 is 0 Å². The summed E-state index contributed by atoms with van der Waals surface area (Å²) in [6.45, 7) is 19.6. The second-order valence-electron chi connectivity index (χ2n) is 8.98. The summed E-state index contributed by atoms with van der Waals surface area (Å²) in [5.41, 5.74) is 0.434. The average Bonchev–Trinajstić information content (AvgIpc) is 2.97. The minimum absolute atomic E-state index is 0.124. The first-order valence-corrected chi connectivity index (χ1v) is 11.4. The summed E-state index contributed by atoms with van der Waals surface area (Å²) in [5.74, 6) is 2.70. The predicted molar refractivity (Wildman–Crippen MR) is 116 cm³/mol. The van der Waals surface area contributed by atoms with E-state index in [0.717, 1.165) is 56.0 Å². The standard InChI is InChI=1S/C20H38N6S/c1-9-21-17(26-14-19(4,5)20(26,6)7)22-12-10-11-16-23-24-18(27-8)25(16)13-15(2)3/h15H,9-14H2,1-8H3,(H,21,22). The molecule has 0 radical (unpaired) electrons. The highest BCUT2D eigenvalue weighted by molar-refractivity contribution is 7.98. The van der Waals surface area contributed by atoms with E-state index in [1.54, 1.807) is 11.8 Å². The van der Waals surface area contributed by atoms with Gasteiger partial charge in [0, 0.05) is 43.6 Å². The Morgan fingerprint density at radius 2 is 1.96 bits per heavy atom. The van der Waals surface area contributed by atoms with Gasteiger partial charge in [-0.2, -0.15) is 0 Å². The molecule has 0 saturated carbocycles. The second kappa shape index (κ2) is 8.84. The van der Waals surface area contributed by atoms with Crippen molar-refractivity contribution in [1.29, 1.82) is 0 Å². The Labute approximate surface area is 169 Å². The van der Waals surface area contributed by atoms with E-state index in [1.807, 2.05) is 0 Å². The van der Waals surface area contributed by atoms with Gasteiger partial charge in [-0.05, 0) is 39.4 Å². The van der Waals surface area contributed by atoms with Gasteiger partial charge in [0.25, 0.3) is 0 Å². The van der Waals surface area contributed by atoms with Crippen molar-refractivity contribution in [2.24, 2.45) is 16.3 Å². The molecule has 6 nitrogen and oxygen atoms in total. The molecule has 1 aromatic rings. The van der Waals surface area contributed by atoms with Crippen molar-refractivity contribution in [2.75, 3.05) is 25.9 Å². The zero-order chi connectivity index (χ0) is 20.2. The van der Waals surface area contributed by atoms with Crippen molar-refractivity contribution in [3.63, 3.8) is 0 Å². The first kappa shape index (κ1) is 22.1. The maximum Gasteiger partial charge on any atom is 0.194 e. The normalized spacial score (nSPS) is 18.7. The molecule has 0 atom stereocenters. The number of aryl methyl sites for hydroxylation is 1. The molecule has 1 aliphatic rings. The van der Waals surface area contributed by atoms with Gasteiger partial charge in [-0.25, -0.2) is 0 Å². The zero-order valence-corrected chi connectivity index (χ0v) is 19.3. The maximum atomic E-state index is 4.90. The quantitative estimate of drug-likeness (QED) is 0.315. The minimum atomic E-state index is 0.124. The molecule has 0 aromatic carbocycles. The number of nitrogens with zero attached hydrogens (tertiary/aromatic N) is 5. The Bertz CT molecular complexity index is 647. The number of hydrogen-bond donors (Lipinski definition) is 1. The summed E-state index contributed by atoms with van der Waals surface area (Å²) in [6, 6.07) is 0. The van der Waals surface area contributed by atoms with Crippen LogP contribution >= 0.6 is 11.8 Å². The highest BCUT2D eigenvalue weighted by Gasteiger charge is 2.53. The van der Waals surface area contributed by atoms with Gasteiger partial charge in [0.15, 0.2) is 11.1 Å². The van der Waals surface area contributed by atoms with Crippen LogP contribution in [-0.4, -0.2) is 57.1 Å². The fraction of sp³-hybridized carbons (Fsp3) is 0.850. The topological polar surface area (TPSA) is 58.3 Å². The van der Waals surface area contributed by atoms with Crippen LogP contribution in [-0.2, 0) is 13.0 Å². The highest BCUT2D eigenvalue weighted by atomic mass is 32.2. The molecule has 1 aliphatic heterocycles. The van der Waals surface area contributed by atoms with Gasteiger partial charge in [-0.1, -0.05) is 39.5 Å². The van der Waals surface area contributed by atoms with Crippen LogP contribution in [0.25, 0.3) is 0 Å². The molecule has 27 heavy (non-hydrogen) atoms. The first-order chi connectivity index (χ1) is 12.6. The van der Waals surface area contributed by atoms with Crippen LogP contribution in [0.5, 0.6) is 0 Å². The molecule has 0 unspecified atom stereocenters. The number of aliphatic imine (C=N–C) groups is 1. The molecule has 0 amide bonds. The van der Waals surface area contributed by atoms with Crippen LogP contribution in [0, 0.1) is 11.3 Å². The van der Waals surface area contributed by atoms with E-state index < -0.39 is 0 Å². The van der Waals surface area contributed by atoms with E-state index in [0.29, 0.717) is 11.3 Å². The third-order valence-electron chi connectivity index (χ3n) is 5.82. The van der Waals surface area contributed by atoms with Crippen LogP contribution in [0.1, 0.15) is 60.7 Å². The summed E-state index contributed by atoms with van der Waals surface area (Å²) < 4.78 is 2.27. The van der Waals surface area contributed by atoms with Crippen LogP contribution in [0.2, 0.25) is 0 Å². The van der Waals surface area contributed by atoms with Crippen molar-refractivity contribution >= 4 is 17.7 Å². The fourth-order valence-corrected chi connectivity index (χ4v) is 3.94. The van der Waals surface area contributed by atoms with Gasteiger partial charge in [0.05, 0.1) is 0 Å². The molecule has 154 valence electrons. The second-order valence-corrected chi connectivity index (χ2v) is 9.75. The van der Waals surface area contributed by atoms with Crippen LogP contribution in [0.15, 0.2) is 10.1 Å². The summed E-state index contributed by atoms with van der Waals surface area (Å²) in [4.78, 5) is 7.30. The van der Waals surface area contributed by atoms with E-state index in [1.165, 1.54) is 0 Å². The summed E-state index contributed by atoms with van der Waals surface area (Å²) in [6.07, 6.45) is 3.96. The van der Waals surface area contributed by atoms with Gasteiger partial charge in [-0.15, -0.1) is 10.2 Å². The number of rotatable bonds is 8. The zero-order valence-electron chi connectivity index (χ0n) is 18.5. The number of thioether (sulfide) groups is 1. The van der Waals surface area contributed by atoms with E-state index in [-0.39, 0.29) is 5.54 Å². The lowest BCUT2D eigenvalue weighted by Gasteiger charge is -2.62. The smallest absolute Gasteiger partial charge is 0.194 e. The number of nitrogens with one attached hydrogen (secondary N) is 1. The molecule has 1 fully saturated rings. The largest absolute Gasteiger partial charge is 0.356 e. The lowest BCUT2D eigenvalue weighted by molar-refractivity contribution is -0.0667. The van der Waals surface area contributed by atoms with Crippen LogP contribution in [0.4, 0.5) is 0 Å². The van der Waals surface area contributed by atoms with Gasteiger partial charge in [0.2, 0.25) is 0 Å². The van der Waals surface area contributed by atoms with Gasteiger partial charge < -0.3 is 14.8 Å². The molecule has 1 aromatic heterocycles. The lowest BCUT2D eigenvalue weighted by Crippen LogP contribution is -2.72. The average molecular weight is 395 g/mol.